The molecule has 0 aromatic heterocycles. The maximum Gasteiger partial charge on any atom is 0.133 e. The number of hydrogen-bond acceptors (Lipinski definition) is 2. The molecule has 0 amide bonds. The molecular weight excluding hydrogens is 224 g/mol. The van der Waals surface area contributed by atoms with E-state index >= 15 is 0 Å². The Bertz CT molecular complexity index is 423. The van der Waals surface area contributed by atoms with Gasteiger partial charge in [-0.2, -0.15) is 0 Å². The van der Waals surface area contributed by atoms with Gasteiger partial charge in [0.05, 0.1) is 12.7 Å². The maximum absolute atomic E-state index is 11.7. The molecule has 1 heterocycles. The van der Waals surface area contributed by atoms with Crippen LogP contribution in [-0.2, 0) is 16.0 Å². The van der Waals surface area contributed by atoms with Gasteiger partial charge in [-0.3, -0.25) is 4.79 Å². The number of ether oxygens (including phenoxy) is 1. The zero-order chi connectivity index (χ0) is 13.1. The lowest BCUT2D eigenvalue weighted by Crippen LogP contribution is -2.24. The molecule has 1 aliphatic rings. The third kappa shape index (κ3) is 2.81. The summed E-state index contributed by atoms with van der Waals surface area (Å²) in [7, 11) is 0. The van der Waals surface area contributed by atoms with Crippen molar-refractivity contribution in [3.05, 3.63) is 35.4 Å². The molecule has 0 saturated heterocycles. The second kappa shape index (κ2) is 5.66. The summed E-state index contributed by atoms with van der Waals surface area (Å²) in [5.74, 6) is 0.748. The molecule has 2 heteroatoms. The molecule has 98 valence electrons. The molecule has 0 saturated carbocycles. The van der Waals surface area contributed by atoms with Crippen molar-refractivity contribution in [3.8, 4) is 0 Å². The first-order valence-electron chi connectivity index (χ1n) is 6.79. The molecule has 0 fully saturated rings. The van der Waals surface area contributed by atoms with Gasteiger partial charge in [0.1, 0.15) is 5.78 Å². The number of fused-ring (bicyclic) bond motifs is 1. The Morgan fingerprint density at radius 1 is 1.39 bits per heavy atom. The molecule has 2 unspecified atom stereocenters. The number of carbonyl (C=O) groups is 1. The Labute approximate surface area is 109 Å². The predicted molar refractivity (Wildman–Crippen MR) is 72.5 cm³/mol. The molecule has 2 rings (SSSR count). The number of benzene rings is 1. The summed E-state index contributed by atoms with van der Waals surface area (Å²) in [6.07, 6.45) is 1.88. The van der Waals surface area contributed by atoms with Crippen LogP contribution >= 0.6 is 0 Å². The first-order chi connectivity index (χ1) is 8.59. The van der Waals surface area contributed by atoms with Gasteiger partial charge >= 0.3 is 0 Å². The van der Waals surface area contributed by atoms with Gasteiger partial charge in [-0.05, 0) is 36.8 Å². The van der Waals surface area contributed by atoms with E-state index in [9.17, 15) is 4.79 Å². The highest BCUT2D eigenvalue weighted by Crippen LogP contribution is 2.34. The molecule has 2 nitrogen and oxygen atoms in total. The molecular formula is C16H22O2. The van der Waals surface area contributed by atoms with Crippen molar-refractivity contribution < 1.29 is 9.53 Å². The zero-order valence-corrected chi connectivity index (χ0v) is 11.5. The van der Waals surface area contributed by atoms with Gasteiger partial charge in [0, 0.05) is 5.92 Å². The summed E-state index contributed by atoms with van der Waals surface area (Å²) in [6, 6.07) is 8.43. The molecule has 0 bridgehead atoms. The highest BCUT2D eigenvalue weighted by molar-refractivity contribution is 5.78. The van der Waals surface area contributed by atoms with Crippen molar-refractivity contribution >= 4 is 5.78 Å². The number of rotatable bonds is 4. The van der Waals surface area contributed by atoms with Gasteiger partial charge in [-0.15, -0.1) is 0 Å². The topological polar surface area (TPSA) is 26.3 Å². The molecule has 18 heavy (non-hydrogen) atoms. The summed E-state index contributed by atoms with van der Waals surface area (Å²) in [6.45, 7) is 6.69. The van der Waals surface area contributed by atoms with Crippen LogP contribution in [0.5, 0.6) is 0 Å². The fourth-order valence-electron chi connectivity index (χ4n) is 2.81. The highest BCUT2D eigenvalue weighted by Gasteiger charge is 2.27. The van der Waals surface area contributed by atoms with Crippen LogP contribution in [0.15, 0.2) is 24.3 Å². The highest BCUT2D eigenvalue weighted by atomic mass is 16.5. The van der Waals surface area contributed by atoms with Crippen LogP contribution in [-0.4, -0.2) is 12.4 Å². The lowest BCUT2D eigenvalue weighted by Gasteiger charge is -2.29. The normalized spacial score (nSPS) is 20.6. The van der Waals surface area contributed by atoms with Crippen molar-refractivity contribution in [1.29, 1.82) is 0 Å². The first-order valence-corrected chi connectivity index (χ1v) is 6.79. The molecule has 0 radical (unpaired) electrons. The van der Waals surface area contributed by atoms with Crippen molar-refractivity contribution in [1.82, 2.24) is 0 Å². The number of ketones is 1. The SMILES string of the molecule is CC(=O)C(CC1OCCc2ccccc21)C(C)C. The summed E-state index contributed by atoms with van der Waals surface area (Å²) in [5, 5.41) is 0. The van der Waals surface area contributed by atoms with E-state index in [0.717, 1.165) is 19.4 Å². The van der Waals surface area contributed by atoms with Crippen LogP contribution in [0.1, 0.15) is 44.4 Å². The van der Waals surface area contributed by atoms with Gasteiger partial charge in [0.15, 0.2) is 0 Å². The number of hydrogen-bond donors (Lipinski definition) is 0. The first kappa shape index (κ1) is 13.3. The molecule has 1 aromatic carbocycles. The largest absolute Gasteiger partial charge is 0.373 e. The van der Waals surface area contributed by atoms with E-state index < -0.39 is 0 Å². The maximum atomic E-state index is 11.7. The fraction of sp³-hybridized carbons (Fsp3) is 0.562. The molecule has 0 N–H and O–H groups in total. The van der Waals surface area contributed by atoms with Crippen LogP contribution in [0, 0.1) is 11.8 Å². The fourth-order valence-corrected chi connectivity index (χ4v) is 2.81. The lowest BCUT2D eigenvalue weighted by molar-refractivity contribution is -0.123. The molecule has 1 aromatic rings. The van der Waals surface area contributed by atoms with Crippen molar-refractivity contribution in [2.75, 3.05) is 6.61 Å². The van der Waals surface area contributed by atoms with Crippen LogP contribution < -0.4 is 0 Å². The average Bonchev–Trinajstić information content (AvgIpc) is 2.35. The molecule has 2 atom stereocenters. The van der Waals surface area contributed by atoms with E-state index in [1.54, 1.807) is 6.92 Å². The Hall–Kier alpha value is -1.15. The van der Waals surface area contributed by atoms with E-state index in [1.165, 1.54) is 11.1 Å². The third-order valence-corrected chi connectivity index (χ3v) is 3.89. The standard InChI is InChI=1S/C16H22O2/c1-11(2)15(12(3)17)10-16-14-7-5-4-6-13(14)8-9-18-16/h4-7,11,15-16H,8-10H2,1-3H3. The van der Waals surface area contributed by atoms with Crippen molar-refractivity contribution in [2.24, 2.45) is 11.8 Å². The summed E-state index contributed by atoms with van der Waals surface area (Å²) in [5.41, 5.74) is 2.65. The number of carbonyl (C=O) groups excluding carboxylic acids is 1. The quantitative estimate of drug-likeness (QED) is 0.812. The second-order valence-corrected chi connectivity index (χ2v) is 5.51. The van der Waals surface area contributed by atoms with Gasteiger partial charge in [0.25, 0.3) is 0 Å². The van der Waals surface area contributed by atoms with Crippen LogP contribution in [0.3, 0.4) is 0 Å². The summed E-state index contributed by atoms with van der Waals surface area (Å²) < 4.78 is 5.88. The third-order valence-electron chi connectivity index (χ3n) is 3.89. The minimum atomic E-state index is 0.0891. The Kier molecular flexibility index (Phi) is 4.18. The van der Waals surface area contributed by atoms with E-state index in [0.29, 0.717) is 5.92 Å². The van der Waals surface area contributed by atoms with Crippen molar-refractivity contribution in [3.63, 3.8) is 0 Å². The predicted octanol–water partition coefficient (Wildman–Crippen LogP) is 3.55. The van der Waals surface area contributed by atoms with Gasteiger partial charge in [-0.1, -0.05) is 38.1 Å². The van der Waals surface area contributed by atoms with E-state index in [-0.39, 0.29) is 17.8 Å². The van der Waals surface area contributed by atoms with Crippen molar-refractivity contribution in [2.45, 2.75) is 39.7 Å². The molecule has 0 spiro atoms. The zero-order valence-electron chi connectivity index (χ0n) is 11.5. The average molecular weight is 246 g/mol. The Balaban J connectivity index is 2.18. The van der Waals surface area contributed by atoms with Crippen LogP contribution in [0.25, 0.3) is 0 Å². The lowest BCUT2D eigenvalue weighted by atomic mass is 9.83. The monoisotopic (exact) mass is 246 g/mol. The van der Waals surface area contributed by atoms with Crippen LogP contribution in [0.2, 0.25) is 0 Å². The Morgan fingerprint density at radius 3 is 2.78 bits per heavy atom. The summed E-state index contributed by atoms with van der Waals surface area (Å²) in [4.78, 5) is 11.7. The van der Waals surface area contributed by atoms with Gasteiger partial charge in [0.2, 0.25) is 0 Å². The summed E-state index contributed by atoms with van der Waals surface area (Å²) >= 11 is 0. The molecule has 1 aliphatic heterocycles. The smallest absolute Gasteiger partial charge is 0.133 e. The molecule has 0 aliphatic carbocycles. The minimum absolute atomic E-state index is 0.0891. The Morgan fingerprint density at radius 2 is 2.11 bits per heavy atom. The van der Waals surface area contributed by atoms with Gasteiger partial charge < -0.3 is 4.74 Å². The number of Topliss-reactive ketones (excluding diaryl/α,β-unsaturated/α-hetero) is 1. The van der Waals surface area contributed by atoms with Crippen LogP contribution in [0.4, 0.5) is 0 Å². The van der Waals surface area contributed by atoms with E-state index in [1.807, 2.05) is 0 Å². The van der Waals surface area contributed by atoms with E-state index in [4.69, 9.17) is 4.74 Å². The minimum Gasteiger partial charge on any atom is -0.373 e. The second-order valence-electron chi connectivity index (χ2n) is 5.51. The van der Waals surface area contributed by atoms with E-state index in [2.05, 4.69) is 38.1 Å². The van der Waals surface area contributed by atoms with Gasteiger partial charge in [-0.25, -0.2) is 0 Å².